The van der Waals surface area contributed by atoms with Gasteiger partial charge in [-0.3, -0.25) is 9.69 Å². The van der Waals surface area contributed by atoms with Crippen molar-refractivity contribution in [1.29, 1.82) is 0 Å². The summed E-state index contributed by atoms with van der Waals surface area (Å²) in [6.45, 7) is 4.00. The third-order valence-corrected chi connectivity index (χ3v) is 5.66. The van der Waals surface area contributed by atoms with Crippen molar-refractivity contribution in [2.75, 3.05) is 26.2 Å². The fourth-order valence-electron chi connectivity index (χ4n) is 4.08. The Morgan fingerprint density at radius 3 is 2.47 bits per heavy atom. The molecule has 0 N–H and O–H groups in total. The van der Waals surface area contributed by atoms with E-state index in [1.54, 1.807) is 0 Å². The molecular formula is C23H22N6O. The number of aromatic nitrogens is 4. The van der Waals surface area contributed by atoms with Crippen LogP contribution in [0.3, 0.4) is 0 Å². The molecule has 0 bridgehead atoms. The van der Waals surface area contributed by atoms with Gasteiger partial charge in [-0.1, -0.05) is 54.6 Å². The highest BCUT2D eigenvalue weighted by Crippen LogP contribution is 2.21. The normalized spacial score (nSPS) is 14.9. The molecule has 0 saturated carbocycles. The molecule has 1 fully saturated rings. The molecule has 0 aliphatic carbocycles. The van der Waals surface area contributed by atoms with E-state index >= 15 is 0 Å². The lowest BCUT2D eigenvalue weighted by atomic mass is 10.0. The molecule has 7 nitrogen and oxygen atoms in total. The summed E-state index contributed by atoms with van der Waals surface area (Å²) in [6, 6.07) is 22.4. The molecule has 7 heteroatoms. The second-order valence-electron chi connectivity index (χ2n) is 7.48. The van der Waals surface area contributed by atoms with Gasteiger partial charge in [0.25, 0.3) is 5.91 Å². The van der Waals surface area contributed by atoms with Gasteiger partial charge in [0, 0.05) is 32.7 Å². The van der Waals surface area contributed by atoms with E-state index in [2.05, 4.69) is 62.9 Å². The van der Waals surface area contributed by atoms with E-state index in [1.165, 1.54) is 27.3 Å². The molecular weight excluding hydrogens is 376 g/mol. The predicted molar refractivity (Wildman–Crippen MR) is 114 cm³/mol. The number of piperazine rings is 1. The number of hydrogen-bond acceptors (Lipinski definition) is 5. The molecule has 1 amide bonds. The van der Waals surface area contributed by atoms with Gasteiger partial charge in [-0.05, 0) is 38.9 Å². The molecule has 0 atom stereocenters. The summed E-state index contributed by atoms with van der Waals surface area (Å²) in [4.78, 5) is 17.5. The van der Waals surface area contributed by atoms with E-state index in [4.69, 9.17) is 0 Å². The van der Waals surface area contributed by atoms with E-state index in [9.17, 15) is 4.79 Å². The molecule has 3 aromatic carbocycles. The summed E-state index contributed by atoms with van der Waals surface area (Å²) in [7, 11) is 0. The Morgan fingerprint density at radius 2 is 1.63 bits per heavy atom. The lowest BCUT2D eigenvalue weighted by Crippen LogP contribution is -2.48. The van der Waals surface area contributed by atoms with Crippen LogP contribution in [0.4, 0.5) is 0 Å². The molecule has 1 aliphatic heterocycles. The Morgan fingerprint density at radius 1 is 0.867 bits per heavy atom. The molecule has 1 aliphatic rings. The zero-order chi connectivity index (χ0) is 20.3. The molecule has 0 unspecified atom stereocenters. The van der Waals surface area contributed by atoms with Gasteiger partial charge in [-0.2, -0.15) is 4.68 Å². The maximum absolute atomic E-state index is 13.2. The van der Waals surface area contributed by atoms with Gasteiger partial charge >= 0.3 is 0 Å². The first-order valence-electron chi connectivity index (χ1n) is 10.1. The number of carbonyl (C=O) groups is 1. The van der Waals surface area contributed by atoms with Gasteiger partial charge in [0.15, 0.2) is 0 Å². The Balaban J connectivity index is 1.28. The van der Waals surface area contributed by atoms with Gasteiger partial charge < -0.3 is 4.90 Å². The minimum Gasteiger partial charge on any atom is -0.336 e. The van der Waals surface area contributed by atoms with Crippen LogP contribution in [0.5, 0.6) is 0 Å². The topological polar surface area (TPSA) is 67.2 Å². The third kappa shape index (κ3) is 3.55. The van der Waals surface area contributed by atoms with E-state index in [-0.39, 0.29) is 5.91 Å². The zero-order valence-corrected chi connectivity index (χ0v) is 16.6. The predicted octanol–water partition coefficient (Wildman–Crippen LogP) is 2.77. The van der Waals surface area contributed by atoms with E-state index in [0.29, 0.717) is 24.3 Å². The Labute approximate surface area is 174 Å². The standard InChI is InChI=1S/C23H22N6O/c30-23(21-10-3-4-11-22(21)29-17-24-25-26-29)28-14-12-27(13-15-28)16-19-8-5-7-18-6-1-2-9-20(18)19/h1-11,17H,12-16H2. The molecule has 1 saturated heterocycles. The van der Waals surface area contributed by atoms with Crippen molar-refractivity contribution >= 4 is 16.7 Å². The first kappa shape index (κ1) is 18.4. The number of carbonyl (C=O) groups excluding carboxylic acids is 1. The molecule has 4 aromatic rings. The van der Waals surface area contributed by atoms with Crippen LogP contribution in [0, 0.1) is 0 Å². The maximum atomic E-state index is 13.2. The molecule has 0 radical (unpaired) electrons. The molecule has 5 rings (SSSR count). The van der Waals surface area contributed by atoms with Crippen LogP contribution in [-0.4, -0.2) is 62.1 Å². The minimum atomic E-state index is 0.0194. The molecule has 1 aromatic heterocycles. The van der Waals surface area contributed by atoms with Crippen LogP contribution in [0.2, 0.25) is 0 Å². The van der Waals surface area contributed by atoms with Crippen molar-refractivity contribution in [2.45, 2.75) is 6.54 Å². The number of para-hydroxylation sites is 1. The van der Waals surface area contributed by atoms with Crippen molar-refractivity contribution in [1.82, 2.24) is 30.0 Å². The quantitative estimate of drug-likeness (QED) is 0.529. The van der Waals surface area contributed by atoms with Gasteiger partial charge in [-0.15, -0.1) is 5.10 Å². The second kappa shape index (κ2) is 8.04. The second-order valence-corrected chi connectivity index (χ2v) is 7.48. The number of amides is 1. The molecule has 150 valence electrons. The van der Waals surface area contributed by atoms with Crippen LogP contribution in [0.25, 0.3) is 16.5 Å². The van der Waals surface area contributed by atoms with Crippen molar-refractivity contribution in [3.63, 3.8) is 0 Å². The first-order valence-corrected chi connectivity index (χ1v) is 10.1. The molecule has 2 heterocycles. The van der Waals surface area contributed by atoms with Crippen molar-refractivity contribution in [3.05, 3.63) is 84.2 Å². The molecule has 30 heavy (non-hydrogen) atoms. The van der Waals surface area contributed by atoms with Crippen LogP contribution < -0.4 is 0 Å². The van der Waals surface area contributed by atoms with Crippen LogP contribution in [-0.2, 0) is 6.54 Å². The van der Waals surface area contributed by atoms with Gasteiger partial charge in [0.05, 0.1) is 11.3 Å². The van der Waals surface area contributed by atoms with Gasteiger partial charge in [0.1, 0.15) is 6.33 Å². The number of benzene rings is 3. The lowest BCUT2D eigenvalue weighted by molar-refractivity contribution is 0.0629. The zero-order valence-electron chi connectivity index (χ0n) is 16.6. The number of tetrazole rings is 1. The number of rotatable bonds is 4. The molecule has 0 spiro atoms. The summed E-state index contributed by atoms with van der Waals surface area (Å²) in [5.74, 6) is 0.0194. The average Bonchev–Trinajstić information content (AvgIpc) is 3.34. The first-order chi connectivity index (χ1) is 14.8. The van der Waals surface area contributed by atoms with Crippen LogP contribution in [0.15, 0.2) is 73.1 Å². The van der Waals surface area contributed by atoms with Crippen LogP contribution in [0.1, 0.15) is 15.9 Å². The van der Waals surface area contributed by atoms with Gasteiger partial charge in [0.2, 0.25) is 0 Å². The Kier molecular flexibility index (Phi) is 4.94. The maximum Gasteiger partial charge on any atom is 0.256 e. The number of nitrogens with zero attached hydrogens (tertiary/aromatic N) is 6. The van der Waals surface area contributed by atoms with E-state index < -0.39 is 0 Å². The van der Waals surface area contributed by atoms with E-state index in [0.717, 1.165) is 19.6 Å². The summed E-state index contributed by atoms with van der Waals surface area (Å²) in [5.41, 5.74) is 2.65. The highest BCUT2D eigenvalue weighted by molar-refractivity contribution is 5.97. The van der Waals surface area contributed by atoms with Crippen LogP contribution >= 0.6 is 0 Å². The monoisotopic (exact) mass is 398 g/mol. The minimum absolute atomic E-state index is 0.0194. The highest BCUT2D eigenvalue weighted by atomic mass is 16.2. The van der Waals surface area contributed by atoms with Crippen molar-refractivity contribution in [3.8, 4) is 5.69 Å². The van der Waals surface area contributed by atoms with Crippen molar-refractivity contribution in [2.24, 2.45) is 0 Å². The fraction of sp³-hybridized carbons (Fsp3) is 0.217. The average molecular weight is 398 g/mol. The van der Waals surface area contributed by atoms with Gasteiger partial charge in [-0.25, -0.2) is 0 Å². The number of hydrogen-bond donors (Lipinski definition) is 0. The SMILES string of the molecule is O=C(c1ccccc1-n1cnnn1)N1CCN(Cc2cccc3ccccc23)CC1. The summed E-state index contributed by atoms with van der Waals surface area (Å²) < 4.78 is 1.53. The fourth-order valence-corrected chi connectivity index (χ4v) is 4.08. The Bertz CT molecular complexity index is 1160. The number of fused-ring (bicyclic) bond motifs is 1. The summed E-state index contributed by atoms with van der Waals surface area (Å²) in [6.07, 6.45) is 1.51. The third-order valence-electron chi connectivity index (χ3n) is 5.66. The summed E-state index contributed by atoms with van der Waals surface area (Å²) >= 11 is 0. The summed E-state index contributed by atoms with van der Waals surface area (Å²) in [5, 5.41) is 13.9. The Hall–Kier alpha value is -3.58. The largest absolute Gasteiger partial charge is 0.336 e. The lowest BCUT2D eigenvalue weighted by Gasteiger charge is -2.35. The highest BCUT2D eigenvalue weighted by Gasteiger charge is 2.24. The van der Waals surface area contributed by atoms with Crippen molar-refractivity contribution < 1.29 is 4.79 Å². The van der Waals surface area contributed by atoms with E-state index in [1.807, 2.05) is 29.2 Å². The smallest absolute Gasteiger partial charge is 0.256 e.